The lowest BCUT2D eigenvalue weighted by atomic mass is 10.2. The zero-order valence-electron chi connectivity index (χ0n) is 14.1. The van der Waals surface area contributed by atoms with Crippen LogP contribution in [0.1, 0.15) is 22.3 Å². The Labute approximate surface area is 155 Å². The molecule has 1 aliphatic rings. The highest BCUT2D eigenvalue weighted by Crippen LogP contribution is 2.30. The van der Waals surface area contributed by atoms with Crippen molar-refractivity contribution < 1.29 is 28.5 Å². The highest BCUT2D eigenvalue weighted by Gasteiger charge is 2.30. The molecule has 0 aliphatic carbocycles. The second kappa shape index (κ2) is 8.10. The molecule has 1 heterocycles. The largest absolute Gasteiger partial charge is 0.493 e. The number of carbonyl (C=O) groups excluding carboxylic acids is 2. The van der Waals surface area contributed by atoms with Gasteiger partial charge < -0.3 is 18.9 Å². The molecule has 0 amide bonds. The maximum absolute atomic E-state index is 12.2. The molecule has 1 aliphatic heterocycles. The molecule has 2 aromatic rings. The van der Waals surface area contributed by atoms with E-state index in [-0.39, 0.29) is 18.8 Å². The van der Waals surface area contributed by atoms with Crippen LogP contribution in [0.2, 0.25) is 5.02 Å². The highest BCUT2D eigenvalue weighted by atomic mass is 35.5. The van der Waals surface area contributed by atoms with Gasteiger partial charge in [-0.25, -0.2) is 9.59 Å². The van der Waals surface area contributed by atoms with Crippen LogP contribution in [-0.2, 0) is 20.9 Å². The van der Waals surface area contributed by atoms with E-state index >= 15 is 0 Å². The van der Waals surface area contributed by atoms with Gasteiger partial charge in [-0.2, -0.15) is 0 Å². The Bertz CT molecular complexity index is 819. The van der Waals surface area contributed by atoms with Crippen molar-refractivity contribution in [3.63, 3.8) is 0 Å². The first-order valence-corrected chi connectivity index (χ1v) is 8.38. The van der Waals surface area contributed by atoms with E-state index in [0.717, 1.165) is 5.56 Å². The minimum atomic E-state index is -0.857. The van der Waals surface area contributed by atoms with E-state index in [1.165, 1.54) is 13.2 Å². The van der Waals surface area contributed by atoms with Crippen LogP contribution in [-0.4, -0.2) is 31.8 Å². The van der Waals surface area contributed by atoms with Gasteiger partial charge in [0, 0.05) is 17.0 Å². The third-order valence-corrected chi connectivity index (χ3v) is 4.25. The fraction of sp³-hybridized carbons (Fsp3) is 0.263. The van der Waals surface area contributed by atoms with Crippen LogP contribution in [0.3, 0.4) is 0 Å². The Morgan fingerprint density at radius 1 is 1.23 bits per heavy atom. The molecule has 26 heavy (non-hydrogen) atoms. The van der Waals surface area contributed by atoms with E-state index < -0.39 is 18.0 Å². The molecule has 0 saturated carbocycles. The fourth-order valence-electron chi connectivity index (χ4n) is 2.47. The summed E-state index contributed by atoms with van der Waals surface area (Å²) in [5, 5.41) is 0.607. The van der Waals surface area contributed by atoms with Crippen LogP contribution in [0.15, 0.2) is 42.5 Å². The zero-order valence-corrected chi connectivity index (χ0v) is 14.8. The van der Waals surface area contributed by atoms with Crippen molar-refractivity contribution >= 4 is 23.5 Å². The average molecular weight is 377 g/mol. The molecular weight excluding hydrogens is 360 g/mol. The highest BCUT2D eigenvalue weighted by molar-refractivity contribution is 6.31. The molecule has 0 bridgehead atoms. The number of hydrogen-bond donors (Lipinski definition) is 0. The molecule has 3 rings (SSSR count). The maximum atomic E-state index is 12.2. The summed E-state index contributed by atoms with van der Waals surface area (Å²) in [7, 11) is 1.47. The van der Waals surface area contributed by atoms with E-state index in [4.69, 9.17) is 30.5 Å². The van der Waals surface area contributed by atoms with Crippen molar-refractivity contribution in [3.8, 4) is 11.5 Å². The van der Waals surface area contributed by atoms with Crippen LogP contribution in [0.5, 0.6) is 11.5 Å². The lowest BCUT2D eigenvalue weighted by Gasteiger charge is -2.13. The molecule has 0 N–H and O–H groups in total. The number of hydrogen-bond acceptors (Lipinski definition) is 6. The molecule has 1 atom stereocenters. The second-order valence-corrected chi connectivity index (χ2v) is 6.00. The summed E-state index contributed by atoms with van der Waals surface area (Å²) in [5.41, 5.74) is 1.09. The van der Waals surface area contributed by atoms with E-state index in [9.17, 15) is 9.59 Å². The fourth-order valence-corrected chi connectivity index (χ4v) is 2.66. The Balaban J connectivity index is 1.70. The number of esters is 2. The molecule has 136 valence electrons. The van der Waals surface area contributed by atoms with Gasteiger partial charge in [0.25, 0.3) is 0 Å². The molecule has 0 unspecified atom stereocenters. The molecular formula is C19H17ClO6. The van der Waals surface area contributed by atoms with Crippen molar-refractivity contribution in [3.05, 3.63) is 58.6 Å². The van der Waals surface area contributed by atoms with Crippen molar-refractivity contribution in [2.45, 2.75) is 19.1 Å². The SMILES string of the molecule is COc1cc(C(=O)O[C@H]2CCOC2=O)ccc1OCc1ccccc1Cl. The molecule has 0 radical (unpaired) electrons. The molecule has 0 aromatic heterocycles. The van der Waals surface area contributed by atoms with Crippen molar-refractivity contribution in [2.75, 3.05) is 13.7 Å². The van der Waals surface area contributed by atoms with Gasteiger partial charge >= 0.3 is 11.9 Å². The van der Waals surface area contributed by atoms with Gasteiger partial charge in [0.1, 0.15) is 6.61 Å². The Morgan fingerprint density at radius 2 is 2.04 bits per heavy atom. The summed E-state index contributed by atoms with van der Waals surface area (Å²) in [6, 6.07) is 12.0. The van der Waals surface area contributed by atoms with Gasteiger partial charge in [-0.05, 0) is 24.3 Å². The number of cyclic esters (lactones) is 1. The minimum absolute atomic E-state index is 0.256. The lowest BCUT2D eigenvalue weighted by Crippen LogP contribution is -2.22. The number of rotatable bonds is 6. The first kappa shape index (κ1) is 18.1. The summed E-state index contributed by atoms with van der Waals surface area (Å²) < 4.78 is 21.0. The normalized spacial score (nSPS) is 16.1. The van der Waals surface area contributed by atoms with Gasteiger partial charge in [-0.15, -0.1) is 0 Å². The third kappa shape index (κ3) is 4.08. The van der Waals surface area contributed by atoms with Gasteiger partial charge in [-0.1, -0.05) is 29.8 Å². The number of halogens is 1. The third-order valence-electron chi connectivity index (χ3n) is 3.88. The quantitative estimate of drug-likeness (QED) is 0.719. The zero-order chi connectivity index (χ0) is 18.5. The van der Waals surface area contributed by atoms with E-state index in [0.29, 0.717) is 22.9 Å². The first-order chi connectivity index (χ1) is 12.6. The summed E-state index contributed by atoms with van der Waals surface area (Å²) >= 11 is 6.11. The van der Waals surface area contributed by atoms with Crippen molar-refractivity contribution in [2.24, 2.45) is 0 Å². The summed E-state index contributed by atoms with van der Waals surface area (Å²) in [6.45, 7) is 0.517. The standard InChI is InChI=1S/C19H17ClO6/c1-23-17-10-12(18(21)26-16-8-9-24-19(16)22)6-7-15(17)25-11-13-4-2-3-5-14(13)20/h2-7,10,16H,8-9,11H2,1H3/t16-/m0/s1. The lowest BCUT2D eigenvalue weighted by molar-refractivity contribution is -0.145. The van der Waals surface area contributed by atoms with Gasteiger partial charge in [0.2, 0.25) is 6.10 Å². The van der Waals surface area contributed by atoms with Crippen LogP contribution < -0.4 is 9.47 Å². The predicted molar refractivity (Wildman–Crippen MR) is 93.6 cm³/mol. The minimum Gasteiger partial charge on any atom is -0.493 e. The van der Waals surface area contributed by atoms with Crippen LogP contribution in [0.4, 0.5) is 0 Å². The predicted octanol–water partition coefficient (Wildman–Crippen LogP) is 3.40. The smallest absolute Gasteiger partial charge is 0.347 e. The number of methoxy groups -OCH3 is 1. The second-order valence-electron chi connectivity index (χ2n) is 5.60. The maximum Gasteiger partial charge on any atom is 0.347 e. The van der Waals surface area contributed by atoms with E-state index in [2.05, 4.69) is 0 Å². The summed E-state index contributed by atoms with van der Waals surface area (Å²) in [4.78, 5) is 23.6. The van der Waals surface area contributed by atoms with E-state index in [1.807, 2.05) is 18.2 Å². The van der Waals surface area contributed by atoms with Crippen LogP contribution >= 0.6 is 11.6 Å². The van der Waals surface area contributed by atoms with Gasteiger partial charge in [0.15, 0.2) is 11.5 Å². The molecule has 1 saturated heterocycles. The Hall–Kier alpha value is -2.73. The topological polar surface area (TPSA) is 71.1 Å². The Morgan fingerprint density at radius 3 is 2.73 bits per heavy atom. The van der Waals surface area contributed by atoms with Crippen molar-refractivity contribution in [1.29, 1.82) is 0 Å². The summed E-state index contributed by atoms with van der Waals surface area (Å²) in [6.07, 6.45) is -0.495. The van der Waals surface area contributed by atoms with Crippen LogP contribution in [0.25, 0.3) is 0 Å². The van der Waals surface area contributed by atoms with Gasteiger partial charge in [-0.3, -0.25) is 0 Å². The number of ether oxygens (including phenoxy) is 4. The van der Waals surface area contributed by atoms with Crippen molar-refractivity contribution in [1.82, 2.24) is 0 Å². The monoisotopic (exact) mass is 376 g/mol. The van der Waals surface area contributed by atoms with Gasteiger partial charge in [0.05, 0.1) is 19.3 Å². The first-order valence-electron chi connectivity index (χ1n) is 8.00. The Kier molecular flexibility index (Phi) is 5.63. The summed E-state index contributed by atoms with van der Waals surface area (Å²) in [5.74, 6) is -0.306. The average Bonchev–Trinajstić information content (AvgIpc) is 3.05. The molecule has 7 heteroatoms. The number of carbonyl (C=O) groups is 2. The molecule has 2 aromatic carbocycles. The van der Waals surface area contributed by atoms with Crippen LogP contribution in [0, 0.1) is 0 Å². The molecule has 6 nitrogen and oxygen atoms in total. The molecule has 1 fully saturated rings. The molecule has 0 spiro atoms. The van der Waals surface area contributed by atoms with E-state index in [1.54, 1.807) is 18.2 Å². The number of benzene rings is 2.